The molecule has 2 aromatic carbocycles. The fraction of sp³-hybridized carbons (Fsp3) is 0.0714. The first kappa shape index (κ1) is 11.5. The number of hydrogen-bond acceptors (Lipinski definition) is 1. The van der Waals surface area contributed by atoms with Crippen LogP contribution in [0.2, 0.25) is 0 Å². The lowest BCUT2D eigenvalue weighted by Gasteiger charge is -2.00. The summed E-state index contributed by atoms with van der Waals surface area (Å²) in [5.41, 5.74) is 2.89. The van der Waals surface area contributed by atoms with E-state index in [1.54, 1.807) is 0 Å². The first-order chi connectivity index (χ1) is 8.65. The molecule has 0 aliphatic heterocycles. The lowest BCUT2D eigenvalue weighted by atomic mass is 10.0. The molecule has 3 nitrogen and oxygen atoms in total. The van der Waals surface area contributed by atoms with Crippen LogP contribution in [-0.2, 0) is 11.2 Å². The van der Waals surface area contributed by atoms with Crippen LogP contribution < -0.4 is 0 Å². The van der Waals surface area contributed by atoms with Gasteiger partial charge >= 0.3 is 5.97 Å². The summed E-state index contributed by atoms with van der Waals surface area (Å²) < 4.78 is 1.14. The summed E-state index contributed by atoms with van der Waals surface area (Å²) in [5, 5.41) is 11.1. The molecular formula is C14H10INO2. The second-order valence-electron chi connectivity index (χ2n) is 4.23. The maximum Gasteiger partial charge on any atom is 0.307 e. The van der Waals surface area contributed by atoms with E-state index in [1.807, 2.05) is 30.3 Å². The second kappa shape index (κ2) is 4.28. The summed E-state index contributed by atoms with van der Waals surface area (Å²) >= 11 is 2.27. The molecule has 0 unspecified atom stereocenters. The summed E-state index contributed by atoms with van der Waals surface area (Å²) in [6.07, 6.45) is 0.0514. The third-order valence-electron chi connectivity index (χ3n) is 3.01. The first-order valence-corrected chi connectivity index (χ1v) is 6.63. The van der Waals surface area contributed by atoms with Crippen molar-refractivity contribution in [2.24, 2.45) is 0 Å². The normalized spacial score (nSPS) is 11.2. The number of fused-ring (bicyclic) bond motifs is 3. The van der Waals surface area contributed by atoms with Crippen LogP contribution in [-0.4, -0.2) is 16.1 Å². The number of H-pyrrole nitrogens is 1. The van der Waals surface area contributed by atoms with Gasteiger partial charge in [-0.15, -0.1) is 0 Å². The highest BCUT2D eigenvalue weighted by Gasteiger charge is 2.11. The Bertz CT molecular complexity index is 761. The van der Waals surface area contributed by atoms with Gasteiger partial charge in [-0.25, -0.2) is 0 Å². The third-order valence-corrected chi connectivity index (χ3v) is 3.68. The SMILES string of the molecule is O=C(O)Cc1cccc2[nH]c3ccc(I)cc3c12. The lowest BCUT2D eigenvalue weighted by Crippen LogP contribution is -2.00. The van der Waals surface area contributed by atoms with Crippen LogP contribution in [0, 0.1) is 3.57 Å². The Labute approximate surface area is 117 Å². The number of aromatic nitrogens is 1. The molecule has 3 aromatic rings. The number of nitrogens with one attached hydrogen (secondary N) is 1. The highest BCUT2D eigenvalue weighted by Crippen LogP contribution is 2.29. The van der Waals surface area contributed by atoms with Gasteiger partial charge in [-0.1, -0.05) is 12.1 Å². The van der Waals surface area contributed by atoms with Gasteiger partial charge in [0.05, 0.1) is 6.42 Å². The number of carboxylic acids is 1. The summed E-state index contributed by atoms with van der Waals surface area (Å²) in [6.45, 7) is 0. The van der Waals surface area contributed by atoms with Crippen molar-refractivity contribution in [3.05, 3.63) is 45.5 Å². The van der Waals surface area contributed by atoms with E-state index in [9.17, 15) is 4.79 Å². The fourth-order valence-electron chi connectivity index (χ4n) is 2.31. The highest BCUT2D eigenvalue weighted by molar-refractivity contribution is 14.1. The number of rotatable bonds is 2. The molecule has 90 valence electrons. The molecule has 0 fully saturated rings. The molecule has 0 saturated carbocycles. The number of hydrogen-bond donors (Lipinski definition) is 2. The van der Waals surface area contributed by atoms with E-state index in [0.717, 1.165) is 30.9 Å². The molecule has 0 aliphatic rings. The summed E-state index contributed by atoms with van der Waals surface area (Å²) in [7, 11) is 0. The van der Waals surface area contributed by atoms with E-state index < -0.39 is 5.97 Å². The van der Waals surface area contributed by atoms with E-state index in [-0.39, 0.29) is 6.42 Å². The van der Waals surface area contributed by atoms with Crippen LogP contribution in [0.3, 0.4) is 0 Å². The largest absolute Gasteiger partial charge is 0.481 e. The van der Waals surface area contributed by atoms with Crippen molar-refractivity contribution in [3.63, 3.8) is 0 Å². The number of carboxylic acid groups (broad SMARTS) is 1. The quantitative estimate of drug-likeness (QED) is 0.694. The highest BCUT2D eigenvalue weighted by atomic mass is 127. The second-order valence-corrected chi connectivity index (χ2v) is 5.47. The van der Waals surface area contributed by atoms with Gasteiger partial charge in [-0.2, -0.15) is 0 Å². The predicted octanol–water partition coefficient (Wildman–Crippen LogP) is 3.55. The number of benzene rings is 2. The number of carbonyl (C=O) groups is 1. The van der Waals surface area contributed by atoms with E-state index >= 15 is 0 Å². The van der Waals surface area contributed by atoms with Crippen LogP contribution in [0.5, 0.6) is 0 Å². The molecule has 0 spiro atoms. The number of aliphatic carboxylic acids is 1. The van der Waals surface area contributed by atoms with Crippen molar-refractivity contribution >= 4 is 50.4 Å². The van der Waals surface area contributed by atoms with Crippen LogP contribution in [0.1, 0.15) is 5.56 Å². The summed E-state index contributed by atoms with van der Waals surface area (Å²) in [5.74, 6) is -0.803. The van der Waals surface area contributed by atoms with Crippen molar-refractivity contribution in [3.8, 4) is 0 Å². The first-order valence-electron chi connectivity index (χ1n) is 5.56. The minimum atomic E-state index is -0.803. The monoisotopic (exact) mass is 351 g/mol. The van der Waals surface area contributed by atoms with Gasteiger partial charge in [0.1, 0.15) is 0 Å². The Kier molecular flexibility index (Phi) is 2.74. The molecule has 4 heteroatoms. The Balaban J connectivity index is 2.39. The van der Waals surface area contributed by atoms with Crippen LogP contribution in [0.25, 0.3) is 21.8 Å². The lowest BCUT2D eigenvalue weighted by molar-refractivity contribution is -0.136. The van der Waals surface area contributed by atoms with Gasteiger partial charge in [-0.3, -0.25) is 4.79 Å². The zero-order valence-electron chi connectivity index (χ0n) is 9.40. The Morgan fingerprint density at radius 2 is 2.06 bits per heavy atom. The maximum absolute atomic E-state index is 10.9. The Morgan fingerprint density at radius 3 is 2.83 bits per heavy atom. The van der Waals surface area contributed by atoms with Crippen molar-refractivity contribution in [2.45, 2.75) is 6.42 Å². The van der Waals surface area contributed by atoms with Gasteiger partial charge in [0.25, 0.3) is 0 Å². The summed E-state index contributed by atoms with van der Waals surface area (Å²) in [6, 6.07) is 11.9. The molecule has 18 heavy (non-hydrogen) atoms. The van der Waals surface area contributed by atoms with Crippen LogP contribution >= 0.6 is 22.6 Å². The minimum Gasteiger partial charge on any atom is -0.481 e. The van der Waals surface area contributed by atoms with Crippen molar-refractivity contribution < 1.29 is 9.90 Å². The average molecular weight is 351 g/mol. The molecular weight excluding hydrogens is 341 g/mol. The number of aromatic amines is 1. The molecule has 0 aliphatic carbocycles. The fourth-order valence-corrected chi connectivity index (χ4v) is 2.80. The van der Waals surface area contributed by atoms with E-state index in [0.29, 0.717) is 0 Å². The summed E-state index contributed by atoms with van der Waals surface area (Å²) in [4.78, 5) is 14.2. The molecule has 1 heterocycles. The molecule has 0 radical (unpaired) electrons. The van der Waals surface area contributed by atoms with Gasteiger partial charge in [0, 0.05) is 25.4 Å². The average Bonchev–Trinajstić information content (AvgIpc) is 2.67. The number of halogens is 1. The standard InChI is InChI=1S/C14H10INO2/c15-9-4-5-11-10(7-9)14-8(6-13(17)18)2-1-3-12(14)16-11/h1-5,7,16H,6H2,(H,17,18). The minimum absolute atomic E-state index is 0.0514. The maximum atomic E-state index is 10.9. The molecule has 0 atom stereocenters. The molecule has 0 saturated heterocycles. The van der Waals surface area contributed by atoms with Gasteiger partial charge in [0.2, 0.25) is 0 Å². The smallest absolute Gasteiger partial charge is 0.307 e. The molecule has 0 amide bonds. The Hall–Kier alpha value is -1.56. The molecule has 2 N–H and O–H groups in total. The van der Waals surface area contributed by atoms with E-state index in [4.69, 9.17) is 5.11 Å². The Morgan fingerprint density at radius 1 is 1.22 bits per heavy atom. The predicted molar refractivity (Wildman–Crippen MR) is 79.9 cm³/mol. The van der Waals surface area contributed by atoms with Gasteiger partial charge in [0.15, 0.2) is 0 Å². The zero-order chi connectivity index (χ0) is 12.7. The van der Waals surface area contributed by atoms with E-state index in [2.05, 4.69) is 33.6 Å². The van der Waals surface area contributed by atoms with Crippen LogP contribution in [0.15, 0.2) is 36.4 Å². The molecule has 1 aromatic heterocycles. The van der Waals surface area contributed by atoms with E-state index in [1.165, 1.54) is 0 Å². The van der Waals surface area contributed by atoms with Gasteiger partial charge < -0.3 is 10.1 Å². The van der Waals surface area contributed by atoms with Crippen molar-refractivity contribution in [1.82, 2.24) is 4.98 Å². The van der Waals surface area contributed by atoms with Crippen molar-refractivity contribution in [1.29, 1.82) is 0 Å². The molecule has 0 bridgehead atoms. The topological polar surface area (TPSA) is 53.1 Å². The van der Waals surface area contributed by atoms with Crippen molar-refractivity contribution in [2.75, 3.05) is 0 Å². The third kappa shape index (κ3) is 1.86. The zero-order valence-corrected chi connectivity index (χ0v) is 11.6. The van der Waals surface area contributed by atoms with Gasteiger partial charge in [-0.05, 0) is 52.4 Å². The molecule has 3 rings (SSSR count). The van der Waals surface area contributed by atoms with Crippen LogP contribution in [0.4, 0.5) is 0 Å².